The molecule has 140 valence electrons. The van der Waals surface area contributed by atoms with Gasteiger partial charge in [0.25, 0.3) is 0 Å². The molecule has 0 amide bonds. The normalized spacial score (nSPS) is 17.8. The van der Waals surface area contributed by atoms with Gasteiger partial charge in [0.15, 0.2) is 5.78 Å². The van der Waals surface area contributed by atoms with Crippen LogP contribution in [-0.4, -0.2) is 21.9 Å². The molecule has 4 heterocycles. The minimum absolute atomic E-state index is 0.0377. The average molecular weight is 425 g/mol. The molecule has 0 saturated heterocycles. The van der Waals surface area contributed by atoms with Gasteiger partial charge in [-0.3, -0.25) is 9.59 Å². The number of aromatic nitrogens is 1. The van der Waals surface area contributed by atoms with Crippen molar-refractivity contribution in [2.45, 2.75) is 23.3 Å². The maximum absolute atomic E-state index is 13.3. The molecule has 0 aromatic carbocycles. The molecule has 0 bridgehead atoms. The molecule has 0 radical (unpaired) electrons. The predicted molar refractivity (Wildman–Crippen MR) is 114 cm³/mol. The SMILES string of the molecule is C=CCSc1cc2n(c1C(=O)c1ccsc1)C(C(=O)c1cccs1)CC2C#N. The molecule has 3 aromatic rings. The number of fused-ring (bicyclic) bond motifs is 1. The van der Waals surface area contributed by atoms with E-state index < -0.39 is 12.0 Å². The third kappa shape index (κ3) is 3.18. The maximum Gasteiger partial charge on any atom is 0.211 e. The van der Waals surface area contributed by atoms with E-state index in [9.17, 15) is 14.9 Å². The highest BCUT2D eigenvalue weighted by Crippen LogP contribution is 2.44. The van der Waals surface area contributed by atoms with Crippen LogP contribution < -0.4 is 0 Å². The number of thiophene rings is 2. The molecule has 0 N–H and O–H groups in total. The summed E-state index contributed by atoms with van der Waals surface area (Å²) >= 11 is 4.35. The van der Waals surface area contributed by atoms with Gasteiger partial charge in [-0.1, -0.05) is 12.1 Å². The van der Waals surface area contributed by atoms with Crippen LogP contribution in [0.5, 0.6) is 0 Å². The summed E-state index contributed by atoms with van der Waals surface area (Å²) in [5.41, 5.74) is 1.87. The van der Waals surface area contributed by atoms with Crippen molar-refractivity contribution in [1.29, 1.82) is 5.26 Å². The highest BCUT2D eigenvalue weighted by molar-refractivity contribution is 7.99. The average Bonchev–Trinajstić information content (AvgIpc) is 3.49. The maximum atomic E-state index is 13.3. The first-order valence-corrected chi connectivity index (χ1v) is 11.5. The molecule has 3 aromatic heterocycles. The van der Waals surface area contributed by atoms with Gasteiger partial charge in [-0.15, -0.1) is 29.7 Å². The quantitative estimate of drug-likeness (QED) is 0.283. The molecule has 0 spiro atoms. The lowest BCUT2D eigenvalue weighted by atomic mass is 10.00. The summed E-state index contributed by atoms with van der Waals surface area (Å²) in [6.45, 7) is 3.76. The van der Waals surface area contributed by atoms with Gasteiger partial charge in [-0.2, -0.15) is 16.6 Å². The summed E-state index contributed by atoms with van der Waals surface area (Å²) in [5.74, 6) is 0.0978. The first-order chi connectivity index (χ1) is 13.7. The van der Waals surface area contributed by atoms with Gasteiger partial charge < -0.3 is 4.57 Å². The summed E-state index contributed by atoms with van der Waals surface area (Å²) < 4.78 is 1.82. The van der Waals surface area contributed by atoms with E-state index in [1.165, 1.54) is 34.4 Å². The van der Waals surface area contributed by atoms with Crippen molar-refractivity contribution in [1.82, 2.24) is 4.57 Å². The van der Waals surface area contributed by atoms with Crippen molar-refractivity contribution in [3.63, 3.8) is 0 Å². The molecule has 1 aliphatic rings. The monoisotopic (exact) mass is 424 g/mol. The number of carbonyl (C=O) groups is 2. The van der Waals surface area contributed by atoms with Crippen molar-refractivity contribution in [3.8, 4) is 6.07 Å². The van der Waals surface area contributed by atoms with Gasteiger partial charge in [0.1, 0.15) is 5.69 Å². The Labute approximate surface area is 175 Å². The van der Waals surface area contributed by atoms with Gasteiger partial charge in [-0.05, 0) is 35.4 Å². The van der Waals surface area contributed by atoms with E-state index >= 15 is 0 Å². The van der Waals surface area contributed by atoms with Crippen molar-refractivity contribution < 1.29 is 9.59 Å². The minimum atomic E-state index is -0.533. The molecule has 2 atom stereocenters. The smallest absolute Gasteiger partial charge is 0.211 e. The largest absolute Gasteiger partial charge is 0.329 e. The lowest BCUT2D eigenvalue weighted by molar-refractivity contribution is 0.0927. The zero-order chi connectivity index (χ0) is 19.7. The van der Waals surface area contributed by atoms with Crippen LogP contribution in [0.25, 0.3) is 0 Å². The molecule has 4 nitrogen and oxygen atoms in total. The van der Waals surface area contributed by atoms with E-state index in [0.29, 0.717) is 28.3 Å². The van der Waals surface area contributed by atoms with E-state index in [2.05, 4.69) is 12.6 Å². The Morgan fingerprint density at radius 2 is 2.25 bits per heavy atom. The molecule has 2 unspecified atom stereocenters. The Morgan fingerprint density at radius 1 is 1.39 bits per heavy atom. The molecular weight excluding hydrogens is 408 g/mol. The standard InChI is InChI=1S/C21H16N2O2S3/c1-2-6-27-18-10-15-14(11-22)9-16(21(25)17-4-3-7-28-17)23(15)19(18)20(24)13-5-8-26-12-13/h2-5,7-8,10,12,14,16H,1,6,9H2. The first-order valence-electron chi connectivity index (χ1n) is 8.68. The summed E-state index contributed by atoms with van der Waals surface area (Å²) in [7, 11) is 0. The predicted octanol–water partition coefficient (Wildman–Crippen LogP) is 5.56. The van der Waals surface area contributed by atoms with Gasteiger partial charge >= 0.3 is 0 Å². The third-order valence-corrected chi connectivity index (χ3v) is 7.33. The fourth-order valence-electron chi connectivity index (χ4n) is 3.51. The van der Waals surface area contributed by atoms with E-state index in [-0.39, 0.29) is 11.6 Å². The van der Waals surface area contributed by atoms with Crippen LogP contribution in [-0.2, 0) is 0 Å². The van der Waals surface area contributed by atoms with Gasteiger partial charge in [-0.25, -0.2) is 0 Å². The number of hydrogen-bond acceptors (Lipinski definition) is 6. The van der Waals surface area contributed by atoms with Crippen LogP contribution >= 0.6 is 34.4 Å². The lowest BCUT2D eigenvalue weighted by Gasteiger charge is -2.16. The number of thioether (sulfide) groups is 1. The number of rotatable bonds is 7. The molecule has 0 aliphatic carbocycles. The molecular formula is C21H16N2O2S3. The Morgan fingerprint density at radius 3 is 2.89 bits per heavy atom. The minimum Gasteiger partial charge on any atom is -0.329 e. The summed E-state index contributed by atoms with van der Waals surface area (Å²) in [4.78, 5) is 27.9. The van der Waals surface area contributed by atoms with Crippen LogP contribution in [0.2, 0.25) is 0 Å². The van der Waals surface area contributed by atoms with Crippen molar-refractivity contribution in [2.75, 3.05) is 5.75 Å². The third-order valence-electron chi connectivity index (χ3n) is 4.74. The molecule has 4 rings (SSSR count). The first kappa shape index (κ1) is 18.9. The van der Waals surface area contributed by atoms with Crippen molar-refractivity contribution >= 4 is 46.0 Å². The fraction of sp³-hybridized carbons (Fsp3) is 0.190. The number of carbonyl (C=O) groups excluding carboxylic acids is 2. The Balaban J connectivity index is 1.87. The van der Waals surface area contributed by atoms with E-state index in [1.807, 2.05) is 32.8 Å². The van der Waals surface area contributed by atoms with E-state index in [1.54, 1.807) is 18.2 Å². The van der Waals surface area contributed by atoms with Gasteiger partial charge in [0.05, 0.1) is 22.9 Å². The number of hydrogen-bond donors (Lipinski definition) is 0. The zero-order valence-electron chi connectivity index (χ0n) is 14.8. The molecule has 7 heteroatoms. The Kier molecular flexibility index (Phi) is 5.36. The highest BCUT2D eigenvalue weighted by atomic mass is 32.2. The van der Waals surface area contributed by atoms with Crippen LogP contribution in [0.1, 0.15) is 49.8 Å². The fourth-order valence-corrected chi connectivity index (χ4v) is 5.69. The second kappa shape index (κ2) is 7.92. The van der Waals surface area contributed by atoms with Crippen LogP contribution in [0, 0.1) is 11.3 Å². The second-order valence-electron chi connectivity index (χ2n) is 6.37. The molecule has 28 heavy (non-hydrogen) atoms. The zero-order valence-corrected chi connectivity index (χ0v) is 17.3. The van der Waals surface area contributed by atoms with Gasteiger partial charge in [0, 0.05) is 27.3 Å². The summed E-state index contributed by atoms with van der Waals surface area (Å²) in [6.07, 6.45) is 2.18. The summed E-state index contributed by atoms with van der Waals surface area (Å²) in [5, 5.41) is 15.2. The number of nitriles is 1. The second-order valence-corrected chi connectivity index (χ2v) is 9.16. The Hall–Kier alpha value is -2.40. The van der Waals surface area contributed by atoms with Crippen LogP contribution in [0.15, 0.2) is 58.0 Å². The van der Waals surface area contributed by atoms with Gasteiger partial charge in [0.2, 0.25) is 5.78 Å². The molecule has 0 fully saturated rings. The number of nitrogens with zero attached hydrogens (tertiary/aromatic N) is 2. The topological polar surface area (TPSA) is 62.9 Å². The van der Waals surface area contributed by atoms with E-state index in [4.69, 9.17) is 0 Å². The van der Waals surface area contributed by atoms with Crippen LogP contribution in [0.4, 0.5) is 0 Å². The summed E-state index contributed by atoms with van der Waals surface area (Å²) in [6, 6.07) is 9.11. The number of Topliss-reactive ketones (excluding diaryl/α,β-unsaturated/α-hetero) is 1. The van der Waals surface area contributed by atoms with Crippen molar-refractivity contribution in [2.24, 2.45) is 0 Å². The lowest BCUT2D eigenvalue weighted by Crippen LogP contribution is -2.20. The van der Waals surface area contributed by atoms with Crippen LogP contribution in [0.3, 0.4) is 0 Å². The Bertz CT molecular complexity index is 1070. The molecule has 1 aliphatic heterocycles. The molecule has 0 saturated carbocycles. The highest BCUT2D eigenvalue weighted by Gasteiger charge is 2.40. The van der Waals surface area contributed by atoms with E-state index in [0.717, 1.165) is 10.6 Å². The van der Waals surface area contributed by atoms with Crippen molar-refractivity contribution in [3.05, 3.63) is 74.9 Å². The number of ketones is 2.